The summed E-state index contributed by atoms with van der Waals surface area (Å²) in [6, 6.07) is 5.14. The Kier molecular flexibility index (Phi) is 2.70. The molecule has 2 aliphatic rings. The monoisotopic (exact) mass is 234 g/mol. The molecule has 0 bridgehead atoms. The summed E-state index contributed by atoms with van der Waals surface area (Å²) >= 11 is 0. The summed E-state index contributed by atoms with van der Waals surface area (Å²) in [5, 5.41) is 10.3. The highest BCUT2D eigenvalue weighted by molar-refractivity contribution is 5.27. The van der Waals surface area contributed by atoms with Gasteiger partial charge < -0.3 is 5.11 Å². The fourth-order valence-corrected chi connectivity index (χ4v) is 3.53. The van der Waals surface area contributed by atoms with Gasteiger partial charge >= 0.3 is 0 Å². The third kappa shape index (κ3) is 1.89. The molecule has 2 saturated carbocycles. The van der Waals surface area contributed by atoms with Gasteiger partial charge in [-0.3, -0.25) is 0 Å². The van der Waals surface area contributed by atoms with Crippen LogP contribution < -0.4 is 0 Å². The summed E-state index contributed by atoms with van der Waals surface area (Å²) in [6.45, 7) is 1.75. The summed E-state index contributed by atoms with van der Waals surface area (Å²) < 4.78 is 13.5. The summed E-state index contributed by atoms with van der Waals surface area (Å²) in [5.41, 5.74) is 1.40. The van der Waals surface area contributed by atoms with Gasteiger partial charge in [0, 0.05) is 0 Å². The molecule has 1 aromatic carbocycles. The first-order chi connectivity index (χ1) is 8.18. The van der Waals surface area contributed by atoms with Gasteiger partial charge in [0.2, 0.25) is 0 Å². The van der Waals surface area contributed by atoms with Gasteiger partial charge in [-0.25, -0.2) is 4.39 Å². The standard InChI is InChI=1S/C15H19FO/c1-9-6-7-10(8-13(9)16)15(17)14-11-4-2-3-5-12(11)14/h6-8,11-12,14-15,17H,2-5H2,1H3. The molecular weight excluding hydrogens is 215 g/mol. The zero-order valence-corrected chi connectivity index (χ0v) is 10.2. The van der Waals surface area contributed by atoms with Crippen molar-refractivity contribution in [2.75, 3.05) is 0 Å². The van der Waals surface area contributed by atoms with Crippen LogP contribution in [0.5, 0.6) is 0 Å². The third-order valence-corrected chi connectivity index (χ3v) is 4.62. The highest BCUT2D eigenvalue weighted by atomic mass is 19.1. The fraction of sp³-hybridized carbons (Fsp3) is 0.600. The Morgan fingerprint density at radius 3 is 2.47 bits per heavy atom. The Hall–Kier alpha value is -0.890. The van der Waals surface area contributed by atoms with Gasteiger partial charge in [0.05, 0.1) is 6.10 Å². The van der Waals surface area contributed by atoms with Gasteiger partial charge in [0.25, 0.3) is 0 Å². The fourth-order valence-electron chi connectivity index (χ4n) is 3.53. The second kappa shape index (κ2) is 4.09. The molecule has 1 nitrogen and oxygen atoms in total. The SMILES string of the molecule is Cc1ccc(C(O)C2C3CCCCC32)cc1F. The number of hydrogen-bond donors (Lipinski definition) is 1. The van der Waals surface area contributed by atoms with Gasteiger partial charge in [-0.1, -0.05) is 25.0 Å². The molecule has 3 unspecified atom stereocenters. The highest BCUT2D eigenvalue weighted by Gasteiger charge is 2.54. The normalized spacial score (nSPS) is 33.0. The average Bonchev–Trinajstić information content (AvgIpc) is 3.06. The van der Waals surface area contributed by atoms with Crippen LogP contribution in [0.25, 0.3) is 0 Å². The van der Waals surface area contributed by atoms with Crippen molar-refractivity contribution in [3.05, 3.63) is 35.1 Å². The highest BCUT2D eigenvalue weighted by Crippen LogP contribution is 2.60. The second-order valence-corrected chi connectivity index (χ2v) is 5.64. The van der Waals surface area contributed by atoms with Crippen molar-refractivity contribution < 1.29 is 9.50 Å². The number of aliphatic hydroxyl groups is 1. The van der Waals surface area contributed by atoms with Crippen molar-refractivity contribution >= 4 is 0 Å². The lowest BCUT2D eigenvalue weighted by atomic mass is 10.0. The molecule has 92 valence electrons. The van der Waals surface area contributed by atoms with E-state index >= 15 is 0 Å². The zero-order valence-electron chi connectivity index (χ0n) is 10.2. The van der Waals surface area contributed by atoms with Crippen LogP contribution in [0.2, 0.25) is 0 Å². The smallest absolute Gasteiger partial charge is 0.126 e. The lowest BCUT2D eigenvalue weighted by molar-refractivity contribution is 0.142. The number of benzene rings is 1. The Labute approximate surface area is 102 Å². The zero-order chi connectivity index (χ0) is 12.0. The van der Waals surface area contributed by atoms with Crippen molar-refractivity contribution in [2.45, 2.75) is 38.7 Å². The molecule has 2 heteroatoms. The maximum atomic E-state index is 13.5. The number of aryl methyl sites for hydroxylation is 1. The molecule has 0 radical (unpaired) electrons. The Balaban J connectivity index is 1.78. The molecule has 1 aromatic rings. The van der Waals surface area contributed by atoms with Gasteiger partial charge in [0.1, 0.15) is 5.82 Å². The van der Waals surface area contributed by atoms with E-state index in [-0.39, 0.29) is 5.82 Å². The van der Waals surface area contributed by atoms with Crippen molar-refractivity contribution in [2.24, 2.45) is 17.8 Å². The maximum absolute atomic E-state index is 13.5. The van der Waals surface area contributed by atoms with E-state index in [1.54, 1.807) is 13.0 Å². The Morgan fingerprint density at radius 1 is 1.24 bits per heavy atom. The molecule has 1 N–H and O–H groups in total. The molecule has 17 heavy (non-hydrogen) atoms. The van der Waals surface area contributed by atoms with Crippen molar-refractivity contribution in [1.82, 2.24) is 0 Å². The molecule has 2 fully saturated rings. The average molecular weight is 234 g/mol. The van der Waals surface area contributed by atoms with E-state index < -0.39 is 6.10 Å². The van der Waals surface area contributed by atoms with Crippen LogP contribution in [-0.4, -0.2) is 5.11 Å². The molecule has 3 atom stereocenters. The molecule has 0 aromatic heterocycles. The minimum Gasteiger partial charge on any atom is -0.388 e. The van der Waals surface area contributed by atoms with E-state index in [2.05, 4.69) is 0 Å². The lowest BCUT2D eigenvalue weighted by Crippen LogP contribution is -2.03. The molecule has 2 aliphatic carbocycles. The second-order valence-electron chi connectivity index (χ2n) is 5.64. The van der Waals surface area contributed by atoms with Crippen LogP contribution >= 0.6 is 0 Å². The quantitative estimate of drug-likeness (QED) is 0.829. The summed E-state index contributed by atoms with van der Waals surface area (Å²) in [7, 11) is 0. The Bertz CT molecular complexity index is 417. The molecule has 0 heterocycles. The van der Waals surface area contributed by atoms with Crippen LogP contribution in [0.1, 0.15) is 42.9 Å². The maximum Gasteiger partial charge on any atom is 0.126 e. The van der Waals surface area contributed by atoms with Crippen LogP contribution in [0.3, 0.4) is 0 Å². The number of halogens is 1. The van der Waals surface area contributed by atoms with E-state index in [0.29, 0.717) is 23.3 Å². The molecule has 0 aliphatic heterocycles. The van der Waals surface area contributed by atoms with Crippen LogP contribution in [0.4, 0.5) is 4.39 Å². The van der Waals surface area contributed by atoms with Crippen LogP contribution in [0.15, 0.2) is 18.2 Å². The molecule has 3 rings (SSSR count). The van der Waals surface area contributed by atoms with Crippen LogP contribution in [-0.2, 0) is 0 Å². The summed E-state index contributed by atoms with van der Waals surface area (Å²) in [6.07, 6.45) is 4.64. The van der Waals surface area contributed by atoms with Gasteiger partial charge in [-0.05, 0) is 54.7 Å². The van der Waals surface area contributed by atoms with Crippen molar-refractivity contribution in [3.8, 4) is 0 Å². The minimum absolute atomic E-state index is 0.204. The third-order valence-electron chi connectivity index (χ3n) is 4.62. The van der Waals surface area contributed by atoms with E-state index in [4.69, 9.17) is 0 Å². The molecule has 0 amide bonds. The van der Waals surface area contributed by atoms with Crippen molar-refractivity contribution in [3.63, 3.8) is 0 Å². The van der Waals surface area contributed by atoms with Gasteiger partial charge in [-0.15, -0.1) is 0 Å². The predicted molar refractivity (Wildman–Crippen MR) is 65.0 cm³/mol. The van der Waals surface area contributed by atoms with E-state index in [9.17, 15) is 9.50 Å². The van der Waals surface area contributed by atoms with Crippen molar-refractivity contribution in [1.29, 1.82) is 0 Å². The molecule has 0 saturated heterocycles. The number of aliphatic hydroxyl groups excluding tert-OH is 1. The lowest BCUT2D eigenvalue weighted by Gasteiger charge is -2.11. The first-order valence-electron chi connectivity index (χ1n) is 6.62. The number of hydrogen-bond acceptors (Lipinski definition) is 1. The summed E-state index contributed by atoms with van der Waals surface area (Å²) in [5.74, 6) is 1.58. The van der Waals surface area contributed by atoms with E-state index in [0.717, 1.165) is 5.56 Å². The van der Waals surface area contributed by atoms with E-state index in [1.165, 1.54) is 31.7 Å². The minimum atomic E-state index is -0.460. The molecule has 0 spiro atoms. The number of fused-ring (bicyclic) bond motifs is 1. The molecular formula is C15H19FO. The predicted octanol–water partition coefficient (Wildman–Crippen LogP) is 3.60. The summed E-state index contributed by atoms with van der Waals surface area (Å²) in [4.78, 5) is 0. The van der Waals surface area contributed by atoms with Gasteiger partial charge in [-0.2, -0.15) is 0 Å². The van der Waals surface area contributed by atoms with Gasteiger partial charge in [0.15, 0.2) is 0 Å². The first-order valence-corrected chi connectivity index (χ1v) is 6.62. The largest absolute Gasteiger partial charge is 0.388 e. The number of rotatable bonds is 2. The first kappa shape index (κ1) is 11.2. The van der Waals surface area contributed by atoms with Crippen LogP contribution in [0, 0.1) is 30.5 Å². The Morgan fingerprint density at radius 2 is 1.88 bits per heavy atom. The topological polar surface area (TPSA) is 20.2 Å². The van der Waals surface area contributed by atoms with E-state index in [1.807, 2.05) is 6.07 Å².